The number of anilines is 1. The van der Waals surface area contributed by atoms with Gasteiger partial charge >= 0.3 is 12.0 Å². The Balaban J connectivity index is 1.97. The van der Waals surface area contributed by atoms with Crippen LogP contribution >= 0.6 is 0 Å². The molecular formula is C15H13FN2O3. The zero-order valence-electron chi connectivity index (χ0n) is 11.0. The van der Waals surface area contributed by atoms with E-state index in [2.05, 4.69) is 10.6 Å². The molecule has 0 unspecified atom stereocenters. The average molecular weight is 288 g/mol. The van der Waals surface area contributed by atoms with E-state index in [-0.39, 0.29) is 5.69 Å². The minimum atomic E-state index is -1.39. The lowest BCUT2D eigenvalue weighted by atomic mass is 10.2. The van der Waals surface area contributed by atoms with Crippen molar-refractivity contribution in [2.45, 2.75) is 6.54 Å². The molecule has 0 fully saturated rings. The number of carboxylic acids is 1. The van der Waals surface area contributed by atoms with Gasteiger partial charge in [0, 0.05) is 12.2 Å². The lowest BCUT2D eigenvalue weighted by Gasteiger charge is -2.08. The Kier molecular flexibility index (Phi) is 4.50. The number of amides is 2. The second kappa shape index (κ2) is 6.51. The Labute approximate surface area is 120 Å². The number of carboxylic acid groups (broad SMARTS) is 1. The van der Waals surface area contributed by atoms with Crippen molar-refractivity contribution in [3.8, 4) is 0 Å². The van der Waals surface area contributed by atoms with Gasteiger partial charge in [-0.25, -0.2) is 14.0 Å². The third-order valence-corrected chi connectivity index (χ3v) is 2.75. The fourth-order valence-corrected chi connectivity index (χ4v) is 1.72. The maximum absolute atomic E-state index is 13.2. The molecule has 0 aliphatic heterocycles. The number of urea groups is 1. The monoisotopic (exact) mass is 288 g/mol. The average Bonchev–Trinajstić information content (AvgIpc) is 2.48. The molecule has 2 amide bonds. The lowest BCUT2D eigenvalue weighted by molar-refractivity contribution is 0.0692. The molecule has 0 aromatic heterocycles. The molecule has 2 aromatic rings. The zero-order chi connectivity index (χ0) is 15.2. The first-order chi connectivity index (χ1) is 10.1. The predicted octanol–water partition coefficient (Wildman–Crippen LogP) is 2.85. The first-order valence-electron chi connectivity index (χ1n) is 6.18. The number of benzene rings is 2. The van der Waals surface area contributed by atoms with Gasteiger partial charge in [0.1, 0.15) is 5.82 Å². The molecule has 0 aliphatic carbocycles. The van der Waals surface area contributed by atoms with Crippen LogP contribution in [0.2, 0.25) is 0 Å². The van der Waals surface area contributed by atoms with Crippen LogP contribution < -0.4 is 10.6 Å². The third-order valence-electron chi connectivity index (χ3n) is 2.75. The highest BCUT2D eigenvalue weighted by Gasteiger charge is 2.11. The van der Waals surface area contributed by atoms with E-state index in [1.807, 2.05) is 30.3 Å². The van der Waals surface area contributed by atoms with Crippen molar-refractivity contribution in [1.82, 2.24) is 5.32 Å². The number of carbonyl (C=O) groups is 2. The van der Waals surface area contributed by atoms with E-state index in [0.29, 0.717) is 6.54 Å². The standard InChI is InChI=1S/C15H13FN2O3/c16-13-7-6-11(8-12(13)14(19)20)18-15(21)17-9-10-4-2-1-3-5-10/h1-8H,9H2,(H,19,20)(H2,17,18,21). The third kappa shape index (κ3) is 4.04. The van der Waals surface area contributed by atoms with Crippen LogP contribution in [0.25, 0.3) is 0 Å². The zero-order valence-corrected chi connectivity index (χ0v) is 11.0. The van der Waals surface area contributed by atoms with Gasteiger partial charge in [-0.3, -0.25) is 0 Å². The maximum Gasteiger partial charge on any atom is 0.338 e. The molecule has 0 heterocycles. The van der Waals surface area contributed by atoms with Crippen molar-refractivity contribution in [2.75, 3.05) is 5.32 Å². The molecule has 2 aromatic carbocycles. The summed E-state index contributed by atoms with van der Waals surface area (Å²) < 4.78 is 13.2. The summed E-state index contributed by atoms with van der Waals surface area (Å²) in [4.78, 5) is 22.5. The molecule has 0 saturated carbocycles. The van der Waals surface area contributed by atoms with Gasteiger partial charge in [-0.2, -0.15) is 0 Å². The van der Waals surface area contributed by atoms with E-state index < -0.39 is 23.4 Å². The van der Waals surface area contributed by atoms with Gasteiger partial charge in [0.15, 0.2) is 0 Å². The number of rotatable bonds is 4. The van der Waals surface area contributed by atoms with Crippen molar-refractivity contribution in [1.29, 1.82) is 0 Å². The van der Waals surface area contributed by atoms with Crippen LogP contribution in [0, 0.1) is 5.82 Å². The predicted molar refractivity (Wildman–Crippen MR) is 75.7 cm³/mol. The summed E-state index contributed by atoms with van der Waals surface area (Å²) in [7, 11) is 0. The molecule has 6 heteroatoms. The fraction of sp³-hybridized carbons (Fsp3) is 0.0667. The van der Waals surface area contributed by atoms with Crippen molar-refractivity contribution in [3.05, 3.63) is 65.5 Å². The minimum absolute atomic E-state index is 0.208. The Hall–Kier alpha value is -2.89. The van der Waals surface area contributed by atoms with E-state index in [4.69, 9.17) is 5.11 Å². The number of hydrogen-bond acceptors (Lipinski definition) is 2. The summed E-state index contributed by atoms with van der Waals surface area (Å²) >= 11 is 0. The molecule has 3 N–H and O–H groups in total. The highest BCUT2D eigenvalue weighted by atomic mass is 19.1. The second-order valence-electron chi connectivity index (χ2n) is 4.29. The van der Waals surface area contributed by atoms with Crippen LogP contribution in [0.5, 0.6) is 0 Å². The maximum atomic E-state index is 13.2. The Morgan fingerprint density at radius 1 is 1.10 bits per heavy atom. The first kappa shape index (κ1) is 14.5. The number of hydrogen-bond donors (Lipinski definition) is 3. The van der Waals surface area contributed by atoms with Gasteiger partial charge in [-0.1, -0.05) is 30.3 Å². The van der Waals surface area contributed by atoms with E-state index >= 15 is 0 Å². The van der Waals surface area contributed by atoms with Crippen LogP contribution in [-0.4, -0.2) is 17.1 Å². The van der Waals surface area contributed by atoms with E-state index in [0.717, 1.165) is 17.7 Å². The molecule has 21 heavy (non-hydrogen) atoms. The Bertz CT molecular complexity index is 659. The molecule has 0 radical (unpaired) electrons. The summed E-state index contributed by atoms with van der Waals surface area (Å²) in [6, 6.07) is 12.2. The van der Waals surface area contributed by atoms with Gasteiger partial charge in [-0.05, 0) is 23.8 Å². The van der Waals surface area contributed by atoms with Gasteiger partial charge in [0.05, 0.1) is 5.56 Å². The van der Waals surface area contributed by atoms with E-state index in [9.17, 15) is 14.0 Å². The van der Waals surface area contributed by atoms with Gasteiger partial charge in [-0.15, -0.1) is 0 Å². The second-order valence-corrected chi connectivity index (χ2v) is 4.29. The van der Waals surface area contributed by atoms with Crippen molar-refractivity contribution < 1.29 is 19.1 Å². The normalized spacial score (nSPS) is 9.95. The quantitative estimate of drug-likeness (QED) is 0.809. The number of aromatic carboxylic acids is 1. The molecule has 0 saturated heterocycles. The first-order valence-corrected chi connectivity index (χ1v) is 6.18. The van der Waals surface area contributed by atoms with Gasteiger partial charge < -0.3 is 15.7 Å². The van der Waals surface area contributed by atoms with E-state index in [1.54, 1.807) is 0 Å². The highest BCUT2D eigenvalue weighted by molar-refractivity contribution is 5.93. The Morgan fingerprint density at radius 2 is 1.81 bits per heavy atom. The fourth-order valence-electron chi connectivity index (χ4n) is 1.72. The molecular weight excluding hydrogens is 275 g/mol. The topological polar surface area (TPSA) is 78.4 Å². The molecule has 0 aliphatic rings. The summed E-state index contributed by atoms with van der Waals surface area (Å²) in [5.41, 5.74) is 0.646. The smallest absolute Gasteiger partial charge is 0.338 e. The Morgan fingerprint density at radius 3 is 2.48 bits per heavy atom. The summed E-state index contributed by atoms with van der Waals surface area (Å²) in [6.45, 7) is 0.333. The van der Waals surface area contributed by atoms with Crippen LogP contribution in [0.15, 0.2) is 48.5 Å². The summed E-state index contributed by atoms with van der Waals surface area (Å²) in [6.07, 6.45) is 0. The van der Waals surface area contributed by atoms with Crippen LogP contribution in [0.3, 0.4) is 0 Å². The largest absolute Gasteiger partial charge is 0.478 e. The van der Waals surface area contributed by atoms with Gasteiger partial charge in [0.2, 0.25) is 0 Å². The van der Waals surface area contributed by atoms with Crippen molar-refractivity contribution in [2.24, 2.45) is 0 Å². The molecule has 5 nitrogen and oxygen atoms in total. The lowest BCUT2D eigenvalue weighted by Crippen LogP contribution is -2.28. The van der Waals surface area contributed by atoms with Crippen molar-refractivity contribution >= 4 is 17.7 Å². The molecule has 0 bridgehead atoms. The van der Waals surface area contributed by atoms with E-state index in [1.165, 1.54) is 6.07 Å². The van der Waals surface area contributed by atoms with Crippen LogP contribution in [0.1, 0.15) is 15.9 Å². The summed E-state index contributed by atoms with van der Waals surface area (Å²) in [5, 5.41) is 13.9. The molecule has 0 spiro atoms. The summed E-state index contributed by atoms with van der Waals surface area (Å²) in [5.74, 6) is -2.24. The number of halogens is 1. The van der Waals surface area contributed by atoms with Gasteiger partial charge in [0.25, 0.3) is 0 Å². The molecule has 0 atom stereocenters. The number of nitrogens with one attached hydrogen (secondary N) is 2. The van der Waals surface area contributed by atoms with Crippen LogP contribution in [-0.2, 0) is 6.54 Å². The molecule has 2 rings (SSSR count). The minimum Gasteiger partial charge on any atom is -0.478 e. The number of carbonyl (C=O) groups excluding carboxylic acids is 1. The molecule has 108 valence electrons. The SMILES string of the molecule is O=C(NCc1ccccc1)Nc1ccc(F)c(C(=O)O)c1. The highest BCUT2D eigenvalue weighted by Crippen LogP contribution is 2.14. The van der Waals surface area contributed by atoms with Crippen LogP contribution in [0.4, 0.5) is 14.9 Å². The van der Waals surface area contributed by atoms with Crippen molar-refractivity contribution in [3.63, 3.8) is 0 Å².